The van der Waals surface area contributed by atoms with E-state index in [0.717, 1.165) is 44.6 Å². The predicted molar refractivity (Wildman–Crippen MR) is 98.4 cm³/mol. The number of amides is 1. The van der Waals surface area contributed by atoms with Crippen molar-refractivity contribution in [1.29, 1.82) is 0 Å². The van der Waals surface area contributed by atoms with Gasteiger partial charge in [0, 0.05) is 17.7 Å². The second kappa shape index (κ2) is 9.81. The van der Waals surface area contributed by atoms with E-state index in [0.29, 0.717) is 0 Å². The molecular weight excluding hydrogens is 340 g/mol. The molecule has 0 aliphatic rings. The number of carbonyl (C=O) groups is 1. The molecule has 0 radical (unpaired) electrons. The number of non-ortho nitro benzene ring substituents is 1. The molecule has 9 heteroatoms. The number of hydrogen-bond acceptors (Lipinski definition) is 6. The number of rotatable bonds is 10. The highest BCUT2D eigenvalue weighted by atomic mass is 16.6. The highest BCUT2D eigenvalue weighted by Gasteiger charge is 2.25. The summed E-state index contributed by atoms with van der Waals surface area (Å²) >= 11 is 0. The molecular formula is C17H26N4O5. The predicted octanol–water partition coefficient (Wildman–Crippen LogP) is 3.05. The lowest BCUT2D eigenvalue weighted by Crippen LogP contribution is -2.34. The van der Waals surface area contributed by atoms with Gasteiger partial charge in [-0.3, -0.25) is 25.0 Å². The van der Waals surface area contributed by atoms with Crippen LogP contribution in [-0.2, 0) is 0 Å². The van der Waals surface area contributed by atoms with E-state index < -0.39 is 27.1 Å². The lowest BCUT2D eigenvalue weighted by Gasteiger charge is -2.20. The van der Waals surface area contributed by atoms with Crippen molar-refractivity contribution in [2.24, 2.45) is 0 Å². The second-order valence-electron chi connectivity index (χ2n) is 6.20. The van der Waals surface area contributed by atoms with Gasteiger partial charge in [0.05, 0.1) is 21.5 Å². The number of nitrogens with one attached hydrogen (secondary N) is 1. The molecule has 1 rings (SSSR count). The molecule has 0 saturated heterocycles. The molecule has 1 atom stereocenters. The molecule has 0 heterocycles. The quantitative estimate of drug-likeness (QED) is 0.502. The van der Waals surface area contributed by atoms with Gasteiger partial charge in [-0.15, -0.1) is 0 Å². The second-order valence-corrected chi connectivity index (χ2v) is 6.20. The van der Waals surface area contributed by atoms with Crippen molar-refractivity contribution < 1.29 is 14.6 Å². The maximum Gasteiger partial charge on any atom is 0.279 e. The van der Waals surface area contributed by atoms with Gasteiger partial charge in [-0.25, -0.2) is 0 Å². The fourth-order valence-corrected chi connectivity index (χ4v) is 2.75. The summed E-state index contributed by atoms with van der Waals surface area (Å²) in [6.45, 7) is 10.3. The van der Waals surface area contributed by atoms with Crippen LogP contribution in [0.25, 0.3) is 0 Å². The smallest absolute Gasteiger partial charge is 0.279 e. The molecule has 26 heavy (non-hydrogen) atoms. The molecule has 0 spiro atoms. The Morgan fingerprint density at radius 3 is 2.31 bits per heavy atom. The van der Waals surface area contributed by atoms with Crippen molar-refractivity contribution in [1.82, 2.24) is 10.2 Å². The fourth-order valence-electron chi connectivity index (χ4n) is 2.75. The van der Waals surface area contributed by atoms with Crippen LogP contribution in [0.3, 0.4) is 0 Å². The summed E-state index contributed by atoms with van der Waals surface area (Å²) in [5.74, 6) is -0.537. The molecule has 0 unspecified atom stereocenters. The van der Waals surface area contributed by atoms with Crippen molar-refractivity contribution in [2.75, 3.05) is 19.6 Å². The molecule has 0 saturated carbocycles. The molecule has 1 aromatic rings. The van der Waals surface area contributed by atoms with Crippen molar-refractivity contribution in [3.8, 4) is 0 Å². The average Bonchev–Trinajstić information content (AvgIpc) is 2.58. The summed E-state index contributed by atoms with van der Waals surface area (Å²) in [6.07, 6.45) is 1.65. The van der Waals surface area contributed by atoms with Gasteiger partial charge in [-0.05, 0) is 46.3 Å². The Bertz CT molecular complexity index is 673. The lowest BCUT2D eigenvalue weighted by atomic mass is 10.0. The van der Waals surface area contributed by atoms with Crippen molar-refractivity contribution in [3.63, 3.8) is 0 Å². The molecule has 1 amide bonds. The minimum atomic E-state index is -0.739. The zero-order chi connectivity index (χ0) is 19.9. The molecule has 1 aromatic carbocycles. The topological polar surface area (TPSA) is 119 Å². The summed E-state index contributed by atoms with van der Waals surface area (Å²) in [4.78, 5) is 35.4. The number of carbonyl (C=O) groups excluding carboxylic acids is 1. The Hall–Kier alpha value is -2.55. The number of hydrogen-bond donors (Lipinski definition) is 1. The van der Waals surface area contributed by atoms with Crippen molar-refractivity contribution >= 4 is 17.3 Å². The molecule has 0 aliphatic heterocycles. The third kappa shape index (κ3) is 5.76. The Morgan fingerprint density at radius 1 is 1.19 bits per heavy atom. The number of nitro benzene ring substituents is 2. The van der Waals surface area contributed by atoms with Crippen LogP contribution in [0.4, 0.5) is 11.4 Å². The van der Waals surface area contributed by atoms with Crippen LogP contribution in [0.2, 0.25) is 0 Å². The standard InChI is InChI=1S/C17H26N4O5/c1-5-19(6-2)9-7-8-12(3)18-17(22)15-10-14(20(23)24)11-16(13(15)4)21(25)26/h10-12H,5-9H2,1-4H3,(H,18,22)/t12-/m1/s1. The van der Waals surface area contributed by atoms with E-state index in [-0.39, 0.29) is 17.2 Å². The van der Waals surface area contributed by atoms with Crippen LogP contribution in [-0.4, -0.2) is 46.3 Å². The molecule has 0 bridgehead atoms. The minimum Gasteiger partial charge on any atom is -0.350 e. The van der Waals surface area contributed by atoms with Crippen molar-refractivity contribution in [2.45, 2.75) is 46.6 Å². The summed E-state index contributed by atoms with van der Waals surface area (Å²) in [5.41, 5.74) is -0.824. The van der Waals surface area contributed by atoms with Gasteiger partial charge in [0.1, 0.15) is 0 Å². The summed E-state index contributed by atoms with van der Waals surface area (Å²) in [6, 6.07) is 1.82. The number of benzene rings is 1. The molecule has 0 aromatic heterocycles. The van der Waals surface area contributed by atoms with Crippen LogP contribution in [0, 0.1) is 27.2 Å². The molecule has 0 fully saturated rings. The lowest BCUT2D eigenvalue weighted by molar-refractivity contribution is -0.394. The first-order chi connectivity index (χ1) is 12.2. The highest BCUT2D eigenvalue weighted by molar-refractivity contribution is 5.97. The summed E-state index contributed by atoms with van der Waals surface area (Å²) < 4.78 is 0. The fraction of sp³-hybridized carbons (Fsp3) is 0.588. The maximum absolute atomic E-state index is 12.5. The third-order valence-corrected chi connectivity index (χ3v) is 4.40. The van der Waals surface area contributed by atoms with Crippen LogP contribution in [0.15, 0.2) is 12.1 Å². The van der Waals surface area contributed by atoms with Crippen molar-refractivity contribution in [3.05, 3.63) is 43.5 Å². The van der Waals surface area contributed by atoms with E-state index >= 15 is 0 Å². The Balaban J connectivity index is 2.86. The van der Waals surface area contributed by atoms with Gasteiger partial charge < -0.3 is 10.2 Å². The van der Waals surface area contributed by atoms with E-state index in [9.17, 15) is 25.0 Å². The molecule has 9 nitrogen and oxygen atoms in total. The van der Waals surface area contributed by atoms with Crippen LogP contribution < -0.4 is 5.32 Å². The summed E-state index contributed by atoms with van der Waals surface area (Å²) in [7, 11) is 0. The van der Waals surface area contributed by atoms with E-state index in [1.54, 1.807) is 0 Å². The monoisotopic (exact) mass is 366 g/mol. The van der Waals surface area contributed by atoms with Gasteiger partial charge in [0.25, 0.3) is 17.3 Å². The highest BCUT2D eigenvalue weighted by Crippen LogP contribution is 2.28. The van der Waals surface area contributed by atoms with Gasteiger partial charge in [0.2, 0.25) is 0 Å². The minimum absolute atomic E-state index is 0.0403. The Kier molecular flexibility index (Phi) is 8.11. The van der Waals surface area contributed by atoms with Crippen LogP contribution in [0.5, 0.6) is 0 Å². The maximum atomic E-state index is 12.5. The normalized spacial score (nSPS) is 12.0. The van der Waals surface area contributed by atoms with E-state index in [4.69, 9.17) is 0 Å². The van der Waals surface area contributed by atoms with Crippen LogP contribution in [0.1, 0.15) is 49.5 Å². The first kappa shape index (κ1) is 21.5. The third-order valence-electron chi connectivity index (χ3n) is 4.40. The van der Waals surface area contributed by atoms with Gasteiger partial charge >= 0.3 is 0 Å². The van der Waals surface area contributed by atoms with E-state index in [1.165, 1.54) is 6.92 Å². The largest absolute Gasteiger partial charge is 0.350 e. The zero-order valence-corrected chi connectivity index (χ0v) is 15.7. The van der Waals surface area contributed by atoms with E-state index in [1.807, 2.05) is 6.92 Å². The van der Waals surface area contributed by atoms with E-state index in [2.05, 4.69) is 24.1 Å². The van der Waals surface area contributed by atoms with Gasteiger partial charge in [-0.2, -0.15) is 0 Å². The first-order valence-electron chi connectivity index (χ1n) is 8.67. The SMILES string of the molecule is CCN(CC)CCC[C@@H](C)NC(=O)c1cc([N+](=O)[O-])cc([N+](=O)[O-])c1C. The van der Waals surface area contributed by atoms with Gasteiger partial charge in [-0.1, -0.05) is 13.8 Å². The summed E-state index contributed by atoms with van der Waals surface area (Å²) in [5, 5.41) is 24.9. The van der Waals surface area contributed by atoms with Crippen LogP contribution >= 0.6 is 0 Å². The van der Waals surface area contributed by atoms with Gasteiger partial charge in [0.15, 0.2) is 0 Å². The number of nitro groups is 2. The molecule has 0 aliphatic carbocycles. The molecule has 144 valence electrons. The number of nitrogens with zero attached hydrogens (tertiary/aromatic N) is 3. The Labute approximate surface area is 152 Å². The first-order valence-corrected chi connectivity index (χ1v) is 8.67. The Morgan fingerprint density at radius 2 is 1.81 bits per heavy atom. The average molecular weight is 366 g/mol. The zero-order valence-electron chi connectivity index (χ0n) is 15.7. The molecule has 1 N–H and O–H groups in total.